The Morgan fingerprint density at radius 2 is 1.88 bits per heavy atom. The normalized spacial score (nSPS) is 21.6. The summed E-state index contributed by atoms with van der Waals surface area (Å²) in [7, 11) is 0. The summed E-state index contributed by atoms with van der Waals surface area (Å²) in [6, 6.07) is 10.4. The molecule has 1 aromatic carbocycles. The van der Waals surface area contributed by atoms with E-state index in [0.29, 0.717) is 0 Å². The highest BCUT2D eigenvalue weighted by atomic mass is 32.2. The molecule has 4 rings (SSSR count). The first-order chi connectivity index (χ1) is 12.3. The number of thioether (sulfide) groups is 1. The highest BCUT2D eigenvalue weighted by Crippen LogP contribution is 2.50. The first-order valence-corrected chi connectivity index (χ1v) is 10.1. The minimum absolute atomic E-state index is 0.200. The van der Waals surface area contributed by atoms with Gasteiger partial charge in [0.05, 0.1) is 12.2 Å². The SMILES string of the molecule is C[C@@H]([C]1[CH][CH][CH][C]1SC1CCCCC1)n1cc(-c2ccccc2)nn1. The fraction of sp³-hybridized carbons (Fsp3) is 0.381. The minimum Gasteiger partial charge on any atom is -0.248 e. The van der Waals surface area contributed by atoms with E-state index in [0.717, 1.165) is 16.5 Å². The molecule has 5 radical (unpaired) electrons. The zero-order valence-electron chi connectivity index (χ0n) is 14.6. The number of hydrogen-bond donors (Lipinski definition) is 0. The van der Waals surface area contributed by atoms with E-state index in [2.05, 4.69) is 66.6 Å². The molecular weight excluding hydrogens is 326 g/mol. The molecule has 2 aliphatic carbocycles. The average Bonchev–Trinajstić information content (AvgIpc) is 3.32. The van der Waals surface area contributed by atoms with Crippen molar-refractivity contribution in [3.05, 3.63) is 67.0 Å². The van der Waals surface area contributed by atoms with Crippen LogP contribution in [-0.4, -0.2) is 20.2 Å². The molecule has 1 atom stereocenters. The Morgan fingerprint density at radius 3 is 2.68 bits per heavy atom. The molecule has 2 aromatic rings. The molecule has 129 valence electrons. The number of rotatable bonds is 5. The molecule has 1 heterocycles. The predicted octanol–water partition coefficient (Wildman–Crippen LogP) is 5.30. The van der Waals surface area contributed by atoms with Crippen LogP contribution in [0.15, 0.2) is 36.5 Å². The van der Waals surface area contributed by atoms with E-state index < -0.39 is 0 Å². The maximum atomic E-state index is 4.39. The lowest BCUT2D eigenvalue weighted by Gasteiger charge is -2.29. The highest BCUT2D eigenvalue weighted by Gasteiger charge is 2.37. The Balaban J connectivity index is 1.44. The molecule has 2 aliphatic rings. The standard InChI is InChI=1S/C21H24N3S/c1-16(24-15-20(22-23-24)17-9-4-2-5-10-17)19-13-8-14-21(19)25-18-11-6-3-7-12-18/h2,4-5,8-10,13-16,18H,3,6-7,11-12H2,1H3/t16-/m0/s1. The third-order valence-corrected chi connectivity index (χ3v) is 6.51. The number of hydrogen-bond acceptors (Lipinski definition) is 3. The first kappa shape index (κ1) is 17.1. The molecule has 0 bridgehead atoms. The summed E-state index contributed by atoms with van der Waals surface area (Å²) in [5.41, 5.74) is 2.04. The van der Waals surface area contributed by atoms with Gasteiger partial charge in [0.1, 0.15) is 5.69 Å². The quantitative estimate of drug-likeness (QED) is 0.732. The smallest absolute Gasteiger partial charge is 0.113 e. The van der Waals surface area contributed by atoms with E-state index in [-0.39, 0.29) is 6.04 Å². The summed E-state index contributed by atoms with van der Waals surface area (Å²) >= 11 is 2.06. The van der Waals surface area contributed by atoms with Crippen LogP contribution >= 0.6 is 11.8 Å². The van der Waals surface area contributed by atoms with Crippen molar-refractivity contribution in [1.29, 1.82) is 0 Å². The molecule has 0 amide bonds. The zero-order chi connectivity index (χ0) is 17.1. The topological polar surface area (TPSA) is 30.7 Å². The lowest BCUT2D eigenvalue weighted by molar-refractivity contribution is 0.503. The van der Waals surface area contributed by atoms with Gasteiger partial charge in [0, 0.05) is 22.0 Å². The van der Waals surface area contributed by atoms with Crippen LogP contribution in [0.25, 0.3) is 11.3 Å². The fourth-order valence-electron chi connectivity index (χ4n) is 3.58. The summed E-state index contributed by atoms with van der Waals surface area (Å²) in [4.78, 5) is 0. The van der Waals surface area contributed by atoms with Gasteiger partial charge in [-0.2, -0.15) is 0 Å². The van der Waals surface area contributed by atoms with E-state index in [1.165, 1.54) is 43.3 Å². The van der Waals surface area contributed by atoms with Gasteiger partial charge in [-0.3, -0.25) is 0 Å². The third kappa shape index (κ3) is 3.94. The van der Waals surface area contributed by atoms with Crippen molar-refractivity contribution in [3.8, 4) is 11.3 Å². The van der Waals surface area contributed by atoms with Crippen molar-refractivity contribution in [2.75, 3.05) is 0 Å². The Labute approximate surface area is 155 Å². The molecule has 0 unspecified atom stereocenters. The Morgan fingerprint density at radius 1 is 1.08 bits per heavy atom. The van der Waals surface area contributed by atoms with Crippen LogP contribution < -0.4 is 0 Å². The average molecular weight is 351 g/mol. The Kier molecular flexibility index (Phi) is 5.45. The van der Waals surface area contributed by atoms with Crippen LogP contribution in [0.1, 0.15) is 45.1 Å². The second-order valence-corrected chi connectivity index (χ2v) is 8.19. The lowest BCUT2D eigenvalue weighted by atomic mass is 9.99. The summed E-state index contributed by atoms with van der Waals surface area (Å²) in [5, 5.41) is 11.0. The van der Waals surface area contributed by atoms with Crippen molar-refractivity contribution in [2.45, 2.75) is 50.3 Å². The second-order valence-electron chi connectivity index (χ2n) is 6.85. The molecule has 0 saturated heterocycles. The van der Waals surface area contributed by atoms with Crippen molar-refractivity contribution >= 4 is 11.8 Å². The maximum Gasteiger partial charge on any atom is 0.113 e. The van der Waals surface area contributed by atoms with Gasteiger partial charge in [0.2, 0.25) is 0 Å². The lowest BCUT2D eigenvalue weighted by Crippen LogP contribution is -2.19. The Bertz CT molecular complexity index is 663. The van der Waals surface area contributed by atoms with E-state index in [1.54, 1.807) is 0 Å². The fourth-order valence-corrected chi connectivity index (χ4v) is 5.04. The molecule has 0 spiro atoms. The van der Waals surface area contributed by atoms with Crippen LogP contribution in [0.5, 0.6) is 0 Å². The Hall–Kier alpha value is -1.29. The monoisotopic (exact) mass is 350 g/mol. The third-order valence-electron chi connectivity index (χ3n) is 5.08. The van der Waals surface area contributed by atoms with E-state index >= 15 is 0 Å². The summed E-state index contributed by atoms with van der Waals surface area (Å²) in [6.45, 7) is 2.21. The molecule has 0 aliphatic heterocycles. The van der Waals surface area contributed by atoms with Crippen molar-refractivity contribution < 1.29 is 0 Å². The van der Waals surface area contributed by atoms with Crippen molar-refractivity contribution in [3.63, 3.8) is 0 Å². The van der Waals surface area contributed by atoms with Crippen molar-refractivity contribution in [1.82, 2.24) is 15.0 Å². The van der Waals surface area contributed by atoms with Gasteiger partial charge in [-0.15, -0.1) is 16.9 Å². The molecular formula is C21H24N3S. The van der Waals surface area contributed by atoms with Crippen LogP contribution in [0.3, 0.4) is 0 Å². The first-order valence-electron chi connectivity index (χ1n) is 9.21. The molecule has 1 aromatic heterocycles. The van der Waals surface area contributed by atoms with Crippen LogP contribution in [0, 0.1) is 30.4 Å². The molecule has 0 N–H and O–H groups in total. The van der Waals surface area contributed by atoms with Gasteiger partial charge < -0.3 is 0 Å². The van der Waals surface area contributed by atoms with Crippen LogP contribution in [-0.2, 0) is 0 Å². The minimum atomic E-state index is 0.200. The van der Waals surface area contributed by atoms with Crippen molar-refractivity contribution in [2.24, 2.45) is 0 Å². The largest absolute Gasteiger partial charge is 0.248 e. The van der Waals surface area contributed by atoms with E-state index in [1.807, 2.05) is 22.9 Å². The summed E-state index contributed by atoms with van der Waals surface area (Å²) < 4.78 is 1.99. The number of aromatic nitrogens is 3. The predicted molar refractivity (Wildman–Crippen MR) is 104 cm³/mol. The van der Waals surface area contributed by atoms with Gasteiger partial charge in [-0.05, 0) is 39.0 Å². The van der Waals surface area contributed by atoms with Crippen LogP contribution in [0.2, 0.25) is 0 Å². The van der Waals surface area contributed by atoms with Crippen LogP contribution in [0.4, 0.5) is 0 Å². The summed E-state index contributed by atoms with van der Waals surface area (Å²) in [5.74, 6) is 1.36. The zero-order valence-corrected chi connectivity index (χ0v) is 15.5. The highest BCUT2D eigenvalue weighted by molar-refractivity contribution is 8.03. The molecule has 2 fully saturated rings. The van der Waals surface area contributed by atoms with E-state index in [9.17, 15) is 0 Å². The van der Waals surface area contributed by atoms with Gasteiger partial charge in [0.25, 0.3) is 0 Å². The number of benzene rings is 1. The number of nitrogens with zero attached hydrogens (tertiary/aromatic N) is 3. The molecule has 3 nitrogen and oxygen atoms in total. The van der Waals surface area contributed by atoms with Gasteiger partial charge >= 0.3 is 0 Å². The molecule has 4 heteroatoms. The molecule has 2 saturated carbocycles. The molecule has 25 heavy (non-hydrogen) atoms. The van der Waals surface area contributed by atoms with Gasteiger partial charge in [0.15, 0.2) is 0 Å². The van der Waals surface area contributed by atoms with Gasteiger partial charge in [-0.1, -0.05) is 54.8 Å². The second kappa shape index (κ2) is 7.94. The maximum absolute atomic E-state index is 4.39. The summed E-state index contributed by atoms with van der Waals surface area (Å²) in [6.07, 6.45) is 15.6. The van der Waals surface area contributed by atoms with E-state index in [4.69, 9.17) is 0 Å². The van der Waals surface area contributed by atoms with Gasteiger partial charge in [-0.25, -0.2) is 4.68 Å².